The van der Waals surface area contributed by atoms with Crippen LogP contribution in [0.3, 0.4) is 0 Å². The average molecular weight is 431 g/mol. The number of hydrogen-bond donors (Lipinski definition) is 2. The van der Waals surface area contributed by atoms with Crippen molar-refractivity contribution in [3.63, 3.8) is 0 Å². The van der Waals surface area contributed by atoms with Crippen molar-refractivity contribution >= 4 is 23.8 Å². The Morgan fingerprint density at radius 3 is 2.77 bits per heavy atom. The molecular weight excluding hydrogens is 404 g/mol. The third kappa shape index (κ3) is 4.02. The zero-order valence-electron chi connectivity index (χ0n) is 17.3. The Balaban J connectivity index is 2.10. The summed E-state index contributed by atoms with van der Waals surface area (Å²) in [7, 11) is 1.57. The third-order valence-corrected chi connectivity index (χ3v) is 5.48. The van der Waals surface area contributed by atoms with Gasteiger partial charge in [0.15, 0.2) is 4.77 Å². The highest BCUT2D eigenvalue weighted by Gasteiger charge is 2.36. The molecule has 8 nitrogen and oxygen atoms in total. The van der Waals surface area contributed by atoms with E-state index in [2.05, 4.69) is 10.1 Å². The number of hydrogen-bond acceptors (Lipinski definition) is 6. The van der Waals surface area contributed by atoms with Gasteiger partial charge in [-0.05, 0) is 24.7 Å². The standard InChI is InChI=1S/C21H26N4O4S/c1-4-6-11-24-20(28)18(19(27)22-21(24)30)14-12-15(25(23-14)17(26)5-2)13-9-7-8-10-16(13)29-3/h7-10,15,28H,4-6,11-12H2,1-3H3,(H,22,27,30). The first kappa shape index (κ1) is 21.8. The number of nitrogens with one attached hydrogen (secondary N) is 1. The van der Waals surface area contributed by atoms with Gasteiger partial charge in [0.2, 0.25) is 11.8 Å². The van der Waals surface area contributed by atoms with Crippen molar-refractivity contribution in [2.45, 2.75) is 52.1 Å². The fourth-order valence-electron chi connectivity index (χ4n) is 3.58. The maximum atomic E-state index is 12.7. The number of aromatic amines is 1. The number of nitrogens with zero attached hydrogens (tertiary/aromatic N) is 3. The Morgan fingerprint density at radius 2 is 2.10 bits per heavy atom. The fourth-order valence-corrected chi connectivity index (χ4v) is 3.85. The molecule has 2 N–H and O–H groups in total. The number of carbonyl (C=O) groups is 1. The van der Waals surface area contributed by atoms with Gasteiger partial charge in [-0.3, -0.25) is 19.1 Å². The minimum Gasteiger partial charge on any atom is -0.496 e. The summed E-state index contributed by atoms with van der Waals surface area (Å²) in [4.78, 5) is 27.9. The lowest BCUT2D eigenvalue weighted by Gasteiger charge is -2.23. The van der Waals surface area contributed by atoms with Crippen molar-refractivity contribution in [3.8, 4) is 11.6 Å². The van der Waals surface area contributed by atoms with Crippen molar-refractivity contribution in [2.75, 3.05) is 7.11 Å². The molecule has 0 saturated carbocycles. The lowest BCUT2D eigenvalue weighted by molar-refractivity contribution is -0.132. The highest BCUT2D eigenvalue weighted by Crippen LogP contribution is 2.38. The van der Waals surface area contributed by atoms with Crippen molar-refractivity contribution in [3.05, 3.63) is 50.5 Å². The van der Waals surface area contributed by atoms with Crippen LogP contribution in [0.1, 0.15) is 56.7 Å². The van der Waals surface area contributed by atoms with E-state index in [0.29, 0.717) is 18.0 Å². The maximum Gasteiger partial charge on any atom is 0.264 e. The molecule has 2 heterocycles. The summed E-state index contributed by atoms with van der Waals surface area (Å²) < 4.78 is 7.13. The molecule has 1 unspecified atom stereocenters. The summed E-state index contributed by atoms with van der Waals surface area (Å²) in [6.07, 6.45) is 2.23. The Morgan fingerprint density at radius 1 is 1.37 bits per heavy atom. The molecule has 1 aromatic heterocycles. The number of aromatic hydroxyl groups is 1. The van der Waals surface area contributed by atoms with Crippen LogP contribution in [-0.4, -0.2) is 38.4 Å². The Hall–Kier alpha value is -2.94. The predicted molar refractivity (Wildman–Crippen MR) is 116 cm³/mol. The first-order valence-corrected chi connectivity index (χ1v) is 10.4. The summed E-state index contributed by atoms with van der Waals surface area (Å²) in [6.45, 7) is 4.26. The number of carbonyl (C=O) groups excluding carboxylic acids is 1. The molecule has 0 aliphatic carbocycles. The fraction of sp³-hybridized carbons (Fsp3) is 0.429. The number of unbranched alkanes of at least 4 members (excludes halogenated alkanes) is 1. The second kappa shape index (κ2) is 9.25. The maximum absolute atomic E-state index is 12.7. The van der Waals surface area contributed by atoms with Gasteiger partial charge in [-0.1, -0.05) is 38.5 Å². The molecule has 1 aliphatic heterocycles. The molecule has 1 atom stereocenters. The molecule has 160 valence electrons. The summed E-state index contributed by atoms with van der Waals surface area (Å²) in [5.74, 6) is 0.223. The molecule has 1 aromatic carbocycles. The van der Waals surface area contributed by atoms with Gasteiger partial charge in [-0.15, -0.1) is 0 Å². The lowest BCUT2D eigenvalue weighted by atomic mass is 9.98. The van der Waals surface area contributed by atoms with Crippen LogP contribution in [0.2, 0.25) is 0 Å². The van der Waals surface area contributed by atoms with Crippen LogP contribution >= 0.6 is 12.2 Å². The number of rotatable bonds is 7. The van der Waals surface area contributed by atoms with Gasteiger partial charge in [0, 0.05) is 24.9 Å². The number of H-pyrrole nitrogens is 1. The van der Waals surface area contributed by atoms with Crippen molar-refractivity contribution in [1.82, 2.24) is 14.6 Å². The Bertz CT molecular complexity index is 1090. The topological polar surface area (TPSA) is 99.9 Å². The largest absolute Gasteiger partial charge is 0.496 e. The van der Waals surface area contributed by atoms with Crippen LogP contribution < -0.4 is 10.3 Å². The molecule has 30 heavy (non-hydrogen) atoms. The minimum atomic E-state index is -0.520. The van der Waals surface area contributed by atoms with E-state index in [1.165, 1.54) is 9.58 Å². The number of para-hydroxylation sites is 1. The van der Waals surface area contributed by atoms with Gasteiger partial charge in [-0.2, -0.15) is 5.10 Å². The molecule has 0 radical (unpaired) electrons. The van der Waals surface area contributed by atoms with Gasteiger partial charge >= 0.3 is 0 Å². The summed E-state index contributed by atoms with van der Waals surface area (Å²) >= 11 is 5.22. The average Bonchev–Trinajstić information content (AvgIpc) is 3.17. The Labute approximate surface area is 179 Å². The second-order valence-electron chi connectivity index (χ2n) is 7.06. The number of aromatic nitrogens is 2. The third-order valence-electron chi connectivity index (χ3n) is 5.16. The second-order valence-corrected chi connectivity index (χ2v) is 7.45. The van der Waals surface area contributed by atoms with E-state index in [-0.39, 0.29) is 35.0 Å². The number of hydrazone groups is 1. The van der Waals surface area contributed by atoms with E-state index in [4.69, 9.17) is 17.0 Å². The van der Waals surface area contributed by atoms with Crippen LogP contribution in [-0.2, 0) is 11.3 Å². The number of benzene rings is 1. The molecule has 1 amide bonds. The molecular formula is C21H26N4O4S. The number of methoxy groups -OCH3 is 1. The van der Waals surface area contributed by atoms with E-state index in [0.717, 1.165) is 18.4 Å². The summed E-state index contributed by atoms with van der Waals surface area (Å²) in [5, 5.41) is 16.7. The van der Waals surface area contributed by atoms with Gasteiger partial charge < -0.3 is 9.84 Å². The molecule has 0 saturated heterocycles. The SMILES string of the molecule is CCCCn1c(O)c(C2=NN(C(=O)CC)C(c3ccccc3OC)C2)c(=O)[nH]c1=S. The van der Waals surface area contributed by atoms with Gasteiger partial charge in [0.25, 0.3) is 5.56 Å². The quantitative estimate of drug-likeness (QED) is 0.655. The molecule has 1 aliphatic rings. The molecule has 9 heteroatoms. The van der Waals surface area contributed by atoms with Gasteiger partial charge in [0.05, 0.1) is 18.9 Å². The van der Waals surface area contributed by atoms with E-state index in [1.807, 2.05) is 31.2 Å². The minimum absolute atomic E-state index is 0.0472. The van der Waals surface area contributed by atoms with E-state index >= 15 is 0 Å². The number of ether oxygens (including phenoxy) is 1. The van der Waals surface area contributed by atoms with Crippen molar-refractivity contribution in [1.29, 1.82) is 0 Å². The molecule has 0 fully saturated rings. The predicted octanol–water partition coefficient (Wildman–Crippen LogP) is 3.51. The lowest BCUT2D eigenvalue weighted by Crippen LogP contribution is -2.26. The first-order chi connectivity index (χ1) is 14.4. The molecule has 0 bridgehead atoms. The smallest absolute Gasteiger partial charge is 0.264 e. The Kier molecular flexibility index (Phi) is 6.71. The van der Waals surface area contributed by atoms with E-state index in [1.54, 1.807) is 14.0 Å². The first-order valence-electron chi connectivity index (χ1n) is 10.0. The zero-order valence-corrected chi connectivity index (χ0v) is 18.2. The van der Waals surface area contributed by atoms with Crippen LogP contribution in [0.15, 0.2) is 34.2 Å². The van der Waals surface area contributed by atoms with Gasteiger partial charge in [-0.25, -0.2) is 5.01 Å². The molecule has 2 aromatic rings. The highest BCUT2D eigenvalue weighted by atomic mass is 32.1. The van der Waals surface area contributed by atoms with Crippen LogP contribution in [0.4, 0.5) is 0 Å². The molecule has 0 spiro atoms. The normalized spacial score (nSPS) is 15.9. The van der Waals surface area contributed by atoms with Crippen LogP contribution in [0, 0.1) is 4.77 Å². The monoisotopic (exact) mass is 430 g/mol. The summed E-state index contributed by atoms with van der Waals surface area (Å²) in [5.41, 5.74) is 0.654. The van der Waals surface area contributed by atoms with Crippen molar-refractivity contribution in [2.24, 2.45) is 5.10 Å². The van der Waals surface area contributed by atoms with Crippen molar-refractivity contribution < 1.29 is 14.6 Å². The summed E-state index contributed by atoms with van der Waals surface area (Å²) in [6, 6.07) is 6.96. The van der Waals surface area contributed by atoms with Crippen LogP contribution in [0.25, 0.3) is 0 Å². The molecule has 3 rings (SSSR count). The van der Waals surface area contributed by atoms with E-state index in [9.17, 15) is 14.7 Å². The zero-order chi connectivity index (χ0) is 21.8. The van der Waals surface area contributed by atoms with Gasteiger partial charge in [0.1, 0.15) is 11.3 Å². The van der Waals surface area contributed by atoms with E-state index < -0.39 is 11.6 Å². The number of amides is 1. The highest BCUT2D eigenvalue weighted by molar-refractivity contribution is 7.71. The van der Waals surface area contributed by atoms with Crippen LogP contribution in [0.5, 0.6) is 11.6 Å².